The summed E-state index contributed by atoms with van der Waals surface area (Å²) in [7, 11) is -3.57. The molecule has 108 valence electrons. The molecule has 1 rings (SSSR count). The summed E-state index contributed by atoms with van der Waals surface area (Å²) in [5, 5.41) is 0.406. The van der Waals surface area contributed by atoms with Gasteiger partial charge in [0.2, 0.25) is 10.0 Å². The summed E-state index contributed by atoms with van der Waals surface area (Å²) < 4.78 is 32.4. The molecule has 1 N–H and O–H groups in total. The van der Waals surface area contributed by atoms with Crippen LogP contribution in [0.3, 0.4) is 0 Å². The maximum Gasteiger partial charge on any atom is 0.241 e. The molecule has 0 aromatic heterocycles. The molecule has 0 aliphatic rings. The van der Waals surface area contributed by atoms with Crippen LogP contribution in [0.1, 0.15) is 34.1 Å². The van der Waals surface area contributed by atoms with Crippen molar-refractivity contribution >= 4 is 21.6 Å². The minimum absolute atomic E-state index is 0.151. The van der Waals surface area contributed by atoms with E-state index >= 15 is 0 Å². The molecule has 0 aliphatic carbocycles. The lowest BCUT2D eigenvalue weighted by molar-refractivity contribution is 0.316. The lowest BCUT2D eigenvalue weighted by Crippen LogP contribution is -2.40. The van der Waals surface area contributed by atoms with Crippen molar-refractivity contribution in [3.05, 3.63) is 23.2 Å². The Hall–Kier alpha value is -0.780. The summed E-state index contributed by atoms with van der Waals surface area (Å²) in [6, 6.07) is 4.45. The number of ether oxygens (including phenoxy) is 1. The van der Waals surface area contributed by atoms with Crippen molar-refractivity contribution < 1.29 is 13.2 Å². The normalized spacial score (nSPS) is 12.5. The average Bonchev–Trinajstić information content (AvgIpc) is 2.24. The molecule has 19 heavy (non-hydrogen) atoms. The van der Waals surface area contributed by atoms with E-state index in [1.54, 1.807) is 20.8 Å². The van der Waals surface area contributed by atoms with Crippen LogP contribution >= 0.6 is 11.6 Å². The summed E-state index contributed by atoms with van der Waals surface area (Å²) in [5.41, 5.74) is -0.539. The fraction of sp³-hybridized carbons (Fsp3) is 0.538. The molecule has 0 heterocycles. The van der Waals surface area contributed by atoms with E-state index in [0.29, 0.717) is 17.4 Å². The molecule has 0 atom stereocenters. The van der Waals surface area contributed by atoms with Crippen molar-refractivity contribution in [1.82, 2.24) is 4.72 Å². The first-order valence-corrected chi connectivity index (χ1v) is 7.98. The highest BCUT2D eigenvalue weighted by atomic mass is 35.5. The average molecular weight is 306 g/mol. The molecule has 0 radical (unpaired) electrons. The molecule has 1 aromatic carbocycles. The molecule has 0 saturated heterocycles. The molecular formula is C13H20ClNO3S. The minimum Gasteiger partial charge on any atom is -0.492 e. The summed E-state index contributed by atoms with van der Waals surface area (Å²) in [4.78, 5) is 0.151. The van der Waals surface area contributed by atoms with E-state index < -0.39 is 15.6 Å². The predicted octanol–water partition coefficient (Wildman–Crippen LogP) is 3.21. The summed E-state index contributed by atoms with van der Waals surface area (Å²) >= 11 is 5.97. The van der Waals surface area contributed by atoms with Crippen molar-refractivity contribution in [2.24, 2.45) is 0 Å². The Bertz CT molecular complexity index is 535. The largest absolute Gasteiger partial charge is 0.492 e. The monoisotopic (exact) mass is 305 g/mol. The van der Waals surface area contributed by atoms with E-state index in [-0.39, 0.29) is 4.90 Å². The molecule has 0 bridgehead atoms. The lowest BCUT2D eigenvalue weighted by Gasteiger charge is -2.20. The zero-order chi connectivity index (χ0) is 14.7. The van der Waals surface area contributed by atoms with E-state index in [2.05, 4.69) is 4.72 Å². The van der Waals surface area contributed by atoms with Gasteiger partial charge >= 0.3 is 0 Å². The summed E-state index contributed by atoms with van der Waals surface area (Å²) in [6.07, 6.45) is 0.827. The Balaban J connectivity index is 3.07. The maximum atomic E-state index is 12.2. The quantitative estimate of drug-likeness (QED) is 0.909. The van der Waals surface area contributed by atoms with Crippen molar-refractivity contribution in [1.29, 1.82) is 0 Å². The number of rotatable bonds is 5. The fourth-order valence-corrected chi connectivity index (χ4v) is 3.04. The van der Waals surface area contributed by atoms with Gasteiger partial charge in [-0.05, 0) is 39.3 Å². The van der Waals surface area contributed by atoms with Crippen LogP contribution in [-0.4, -0.2) is 20.6 Å². The summed E-state index contributed by atoms with van der Waals surface area (Å²) in [5.74, 6) is 0.389. The van der Waals surface area contributed by atoms with Crippen LogP contribution in [0.5, 0.6) is 5.75 Å². The van der Waals surface area contributed by atoms with E-state index in [9.17, 15) is 8.42 Å². The third-order valence-electron chi connectivity index (χ3n) is 2.12. The van der Waals surface area contributed by atoms with Crippen LogP contribution in [0.25, 0.3) is 0 Å². The van der Waals surface area contributed by atoms with Gasteiger partial charge in [-0.1, -0.05) is 18.5 Å². The molecule has 0 saturated carbocycles. The topological polar surface area (TPSA) is 55.4 Å². The smallest absolute Gasteiger partial charge is 0.241 e. The molecule has 0 aliphatic heterocycles. The second-order valence-electron chi connectivity index (χ2n) is 5.30. The number of sulfonamides is 1. The fourth-order valence-electron chi connectivity index (χ4n) is 1.44. The number of benzene rings is 1. The van der Waals surface area contributed by atoms with Gasteiger partial charge in [0.05, 0.1) is 16.5 Å². The van der Waals surface area contributed by atoms with Gasteiger partial charge in [-0.15, -0.1) is 0 Å². The van der Waals surface area contributed by atoms with Crippen molar-refractivity contribution in [3.8, 4) is 5.75 Å². The van der Waals surface area contributed by atoms with E-state index in [0.717, 1.165) is 6.42 Å². The Morgan fingerprint density at radius 3 is 2.47 bits per heavy atom. The summed E-state index contributed by atoms with van der Waals surface area (Å²) in [6.45, 7) is 7.82. The Morgan fingerprint density at radius 1 is 1.32 bits per heavy atom. The molecule has 0 spiro atoms. The lowest BCUT2D eigenvalue weighted by atomic mass is 10.1. The highest BCUT2D eigenvalue weighted by Crippen LogP contribution is 2.28. The van der Waals surface area contributed by atoms with Crippen molar-refractivity contribution in [3.63, 3.8) is 0 Å². The molecule has 0 fully saturated rings. The molecule has 1 aromatic rings. The standard InChI is InChI=1S/C13H20ClNO3S/c1-5-8-18-12-9-10(6-7-11(12)14)19(16,17)15-13(2,3)4/h6-7,9,15H,5,8H2,1-4H3. The Kier molecular flexibility index (Phi) is 5.24. The van der Waals surface area contributed by atoms with E-state index in [1.807, 2.05) is 6.92 Å². The predicted molar refractivity (Wildman–Crippen MR) is 77.3 cm³/mol. The van der Waals surface area contributed by atoms with Gasteiger partial charge in [0, 0.05) is 11.6 Å². The van der Waals surface area contributed by atoms with Crippen LogP contribution in [0.4, 0.5) is 0 Å². The van der Waals surface area contributed by atoms with Gasteiger partial charge in [0.1, 0.15) is 5.75 Å². The third-order valence-corrected chi connectivity index (χ3v) is 4.18. The number of nitrogens with one attached hydrogen (secondary N) is 1. The first kappa shape index (κ1) is 16.3. The SMILES string of the molecule is CCCOc1cc(S(=O)(=O)NC(C)(C)C)ccc1Cl. The number of hydrogen-bond acceptors (Lipinski definition) is 3. The van der Waals surface area contributed by atoms with Crippen LogP contribution in [0, 0.1) is 0 Å². The second-order valence-corrected chi connectivity index (χ2v) is 7.39. The van der Waals surface area contributed by atoms with Crippen LogP contribution in [0.2, 0.25) is 5.02 Å². The third kappa shape index (κ3) is 5.01. The molecular weight excluding hydrogens is 286 g/mol. The van der Waals surface area contributed by atoms with Crippen LogP contribution in [-0.2, 0) is 10.0 Å². The molecule has 6 heteroatoms. The first-order valence-electron chi connectivity index (χ1n) is 6.12. The zero-order valence-corrected chi connectivity index (χ0v) is 13.2. The zero-order valence-electron chi connectivity index (χ0n) is 11.7. The van der Waals surface area contributed by atoms with E-state index in [4.69, 9.17) is 16.3 Å². The molecule has 0 amide bonds. The first-order chi connectivity index (χ1) is 8.65. The van der Waals surface area contributed by atoms with Crippen LogP contribution < -0.4 is 9.46 Å². The van der Waals surface area contributed by atoms with Gasteiger partial charge in [-0.2, -0.15) is 0 Å². The molecule has 0 unspecified atom stereocenters. The Morgan fingerprint density at radius 2 is 1.95 bits per heavy atom. The number of hydrogen-bond donors (Lipinski definition) is 1. The highest BCUT2D eigenvalue weighted by Gasteiger charge is 2.22. The van der Waals surface area contributed by atoms with Gasteiger partial charge in [0.25, 0.3) is 0 Å². The van der Waals surface area contributed by atoms with Crippen LogP contribution in [0.15, 0.2) is 23.1 Å². The molecule has 4 nitrogen and oxygen atoms in total. The Labute approximate surface area is 120 Å². The van der Waals surface area contributed by atoms with Gasteiger partial charge in [-0.25, -0.2) is 13.1 Å². The van der Waals surface area contributed by atoms with Crippen molar-refractivity contribution in [2.45, 2.75) is 44.6 Å². The van der Waals surface area contributed by atoms with Gasteiger partial charge < -0.3 is 4.74 Å². The second kappa shape index (κ2) is 6.11. The van der Waals surface area contributed by atoms with Crippen molar-refractivity contribution in [2.75, 3.05) is 6.61 Å². The number of halogens is 1. The minimum atomic E-state index is -3.57. The van der Waals surface area contributed by atoms with E-state index in [1.165, 1.54) is 18.2 Å². The van der Waals surface area contributed by atoms with Gasteiger partial charge in [-0.3, -0.25) is 0 Å². The van der Waals surface area contributed by atoms with Gasteiger partial charge in [0.15, 0.2) is 0 Å². The highest BCUT2D eigenvalue weighted by molar-refractivity contribution is 7.89. The maximum absolute atomic E-state index is 12.2.